The maximum absolute atomic E-state index is 5.58. The van der Waals surface area contributed by atoms with Gasteiger partial charge in [-0.3, -0.25) is 4.98 Å². The number of pyridine rings is 1. The summed E-state index contributed by atoms with van der Waals surface area (Å²) in [5, 5.41) is 0. The predicted octanol–water partition coefficient (Wildman–Crippen LogP) is 1.66. The van der Waals surface area contributed by atoms with Crippen molar-refractivity contribution in [2.45, 2.75) is 6.54 Å². The van der Waals surface area contributed by atoms with Gasteiger partial charge in [0.25, 0.3) is 0 Å². The molecular weight excluding hydrogens is 182 g/mol. The van der Waals surface area contributed by atoms with Crippen molar-refractivity contribution in [1.82, 2.24) is 9.36 Å². The Morgan fingerprint density at radius 3 is 2.77 bits per heavy atom. The first-order valence-electron chi connectivity index (χ1n) is 3.96. The van der Waals surface area contributed by atoms with Crippen LogP contribution in [0.5, 0.6) is 0 Å². The summed E-state index contributed by atoms with van der Waals surface area (Å²) in [5.41, 5.74) is 7.81. The molecule has 0 aliphatic rings. The van der Waals surface area contributed by atoms with Crippen molar-refractivity contribution in [3.8, 4) is 10.4 Å². The van der Waals surface area contributed by atoms with Crippen LogP contribution in [0.15, 0.2) is 30.7 Å². The minimum atomic E-state index is 0.536. The SMILES string of the molecule is NCc1cnsc1-c1ccncc1. The van der Waals surface area contributed by atoms with E-state index in [9.17, 15) is 0 Å². The molecule has 66 valence electrons. The third kappa shape index (κ3) is 1.59. The first-order chi connectivity index (χ1) is 6.42. The fraction of sp³-hybridized carbons (Fsp3) is 0.111. The molecule has 0 spiro atoms. The first-order valence-corrected chi connectivity index (χ1v) is 4.73. The molecule has 0 bridgehead atoms. The molecule has 4 heteroatoms. The Bertz CT molecular complexity index is 383. The number of rotatable bonds is 2. The van der Waals surface area contributed by atoms with Gasteiger partial charge < -0.3 is 5.73 Å². The summed E-state index contributed by atoms with van der Waals surface area (Å²) >= 11 is 1.47. The Hall–Kier alpha value is -1.26. The Kier molecular flexibility index (Phi) is 2.33. The fourth-order valence-electron chi connectivity index (χ4n) is 1.15. The van der Waals surface area contributed by atoms with Crippen LogP contribution in [0.2, 0.25) is 0 Å². The summed E-state index contributed by atoms with van der Waals surface area (Å²) in [6, 6.07) is 3.93. The molecule has 0 aliphatic carbocycles. The van der Waals surface area contributed by atoms with Gasteiger partial charge in [-0.25, -0.2) is 4.37 Å². The molecule has 0 saturated carbocycles. The normalized spacial score (nSPS) is 10.2. The lowest BCUT2D eigenvalue weighted by Crippen LogP contribution is -1.95. The van der Waals surface area contributed by atoms with E-state index >= 15 is 0 Å². The van der Waals surface area contributed by atoms with E-state index in [1.165, 1.54) is 11.5 Å². The minimum absolute atomic E-state index is 0.536. The zero-order valence-electron chi connectivity index (χ0n) is 6.97. The topological polar surface area (TPSA) is 51.8 Å². The summed E-state index contributed by atoms with van der Waals surface area (Å²) in [6.45, 7) is 0.536. The molecule has 2 N–H and O–H groups in total. The zero-order valence-corrected chi connectivity index (χ0v) is 7.79. The average Bonchev–Trinajstić information content (AvgIpc) is 2.67. The second-order valence-electron chi connectivity index (χ2n) is 2.62. The Balaban J connectivity index is 2.47. The van der Waals surface area contributed by atoms with Crippen LogP contribution in [0.1, 0.15) is 5.56 Å². The average molecular weight is 191 g/mol. The van der Waals surface area contributed by atoms with Gasteiger partial charge in [0.15, 0.2) is 0 Å². The van der Waals surface area contributed by atoms with Crippen molar-refractivity contribution in [3.05, 3.63) is 36.3 Å². The highest BCUT2D eigenvalue weighted by atomic mass is 32.1. The largest absolute Gasteiger partial charge is 0.326 e. The number of aromatic nitrogens is 2. The van der Waals surface area contributed by atoms with Gasteiger partial charge in [-0.2, -0.15) is 0 Å². The van der Waals surface area contributed by atoms with Gasteiger partial charge in [-0.1, -0.05) is 0 Å². The Labute approximate surface area is 80.4 Å². The lowest BCUT2D eigenvalue weighted by Gasteiger charge is -1.98. The highest BCUT2D eigenvalue weighted by Gasteiger charge is 2.05. The van der Waals surface area contributed by atoms with Crippen molar-refractivity contribution in [2.24, 2.45) is 5.73 Å². The van der Waals surface area contributed by atoms with E-state index in [4.69, 9.17) is 5.73 Å². The van der Waals surface area contributed by atoms with E-state index in [1.54, 1.807) is 12.4 Å². The highest BCUT2D eigenvalue weighted by molar-refractivity contribution is 7.09. The summed E-state index contributed by atoms with van der Waals surface area (Å²) < 4.78 is 4.11. The van der Waals surface area contributed by atoms with Crippen LogP contribution in [0.4, 0.5) is 0 Å². The number of nitrogens with zero attached hydrogens (tertiary/aromatic N) is 2. The van der Waals surface area contributed by atoms with Gasteiger partial charge in [0.05, 0.1) is 4.88 Å². The molecule has 13 heavy (non-hydrogen) atoms. The number of hydrogen-bond donors (Lipinski definition) is 1. The number of hydrogen-bond acceptors (Lipinski definition) is 4. The fourth-order valence-corrected chi connectivity index (χ4v) is 1.93. The van der Waals surface area contributed by atoms with Crippen molar-refractivity contribution in [3.63, 3.8) is 0 Å². The van der Waals surface area contributed by atoms with Crippen molar-refractivity contribution in [1.29, 1.82) is 0 Å². The van der Waals surface area contributed by atoms with E-state index in [0.29, 0.717) is 6.54 Å². The molecule has 0 radical (unpaired) electrons. The summed E-state index contributed by atoms with van der Waals surface area (Å²) in [7, 11) is 0. The van der Waals surface area contributed by atoms with Gasteiger partial charge in [0.2, 0.25) is 0 Å². The third-order valence-electron chi connectivity index (χ3n) is 1.81. The van der Waals surface area contributed by atoms with Gasteiger partial charge in [-0.05, 0) is 29.2 Å². The summed E-state index contributed by atoms with van der Waals surface area (Å²) in [4.78, 5) is 5.11. The standard InChI is InChI=1S/C9H9N3S/c10-5-8-6-12-13-9(8)7-1-3-11-4-2-7/h1-4,6H,5,10H2. The first kappa shape index (κ1) is 8.34. The van der Waals surface area contributed by atoms with Crippen molar-refractivity contribution in [2.75, 3.05) is 0 Å². The Morgan fingerprint density at radius 1 is 1.31 bits per heavy atom. The number of nitrogens with two attached hydrogens (primary N) is 1. The molecule has 2 heterocycles. The Morgan fingerprint density at radius 2 is 2.08 bits per heavy atom. The van der Waals surface area contributed by atoms with Gasteiger partial charge >= 0.3 is 0 Å². The molecule has 0 unspecified atom stereocenters. The maximum Gasteiger partial charge on any atom is 0.0595 e. The van der Waals surface area contributed by atoms with Crippen LogP contribution in [0.3, 0.4) is 0 Å². The van der Waals surface area contributed by atoms with E-state index in [0.717, 1.165) is 16.0 Å². The van der Waals surface area contributed by atoms with Crippen molar-refractivity contribution >= 4 is 11.5 Å². The van der Waals surface area contributed by atoms with Gasteiger partial charge in [0, 0.05) is 30.7 Å². The van der Waals surface area contributed by atoms with Gasteiger partial charge in [0.1, 0.15) is 0 Å². The zero-order chi connectivity index (χ0) is 9.10. The van der Waals surface area contributed by atoms with Gasteiger partial charge in [-0.15, -0.1) is 0 Å². The predicted molar refractivity (Wildman–Crippen MR) is 53.2 cm³/mol. The van der Waals surface area contributed by atoms with Crippen LogP contribution in [-0.4, -0.2) is 9.36 Å². The molecule has 0 amide bonds. The van der Waals surface area contributed by atoms with Crippen LogP contribution in [-0.2, 0) is 6.54 Å². The van der Waals surface area contributed by atoms with Crippen LogP contribution >= 0.6 is 11.5 Å². The van der Waals surface area contributed by atoms with E-state index in [-0.39, 0.29) is 0 Å². The van der Waals surface area contributed by atoms with E-state index in [1.807, 2.05) is 18.3 Å². The van der Waals surface area contributed by atoms with Crippen LogP contribution in [0.25, 0.3) is 10.4 Å². The van der Waals surface area contributed by atoms with Crippen molar-refractivity contribution < 1.29 is 0 Å². The second kappa shape index (κ2) is 3.64. The molecule has 2 aromatic heterocycles. The van der Waals surface area contributed by atoms with Crippen LogP contribution in [0, 0.1) is 0 Å². The quantitative estimate of drug-likeness (QED) is 0.785. The minimum Gasteiger partial charge on any atom is -0.326 e. The summed E-state index contributed by atoms with van der Waals surface area (Å²) in [6.07, 6.45) is 5.37. The molecule has 2 aromatic rings. The monoisotopic (exact) mass is 191 g/mol. The third-order valence-corrected chi connectivity index (χ3v) is 2.70. The molecule has 0 aromatic carbocycles. The smallest absolute Gasteiger partial charge is 0.0595 e. The molecule has 0 atom stereocenters. The molecule has 2 rings (SSSR count). The van der Waals surface area contributed by atoms with E-state index in [2.05, 4.69) is 9.36 Å². The van der Waals surface area contributed by atoms with E-state index < -0.39 is 0 Å². The lowest BCUT2D eigenvalue weighted by atomic mass is 10.1. The molecule has 3 nitrogen and oxygen atoms in total. The molecule has 0 saturated heterocycles. The highest BCUT2D eigenvalue weighted by Crippen LogP contribution is 2.26. The maximum atomic E-state index is 5.58. The molecule has 0 aliphatic heterocycles. The molecular formula is C9H9N3S. The lowest BCUT2D eigenvalue weighted by molar-refractivity contribution is 1.08. The second-order valence-corrected chi connectivity index (χ2v) is 3.42. The summed E-state index contributed by atoms with van der Waals surface area (Å²) in [5.74, 6) is 0. The molecule has 0 fully saturated rings. The van der Waals surface area contributed by atoms with Crippen LogP contribution < -0.4 is 5.73 Å².